The Morgan fingerprint density at radius 2 is 1.25 bits per heavy atom. The molecule has 1 atom stereocenters. The first-order valence-electron chi connectivity index (χ1n) is 11.3. The maximum Gasteiger partial charge on any atom is 0.320 e. The van der Waals surface area contributed by atoms with Crippen molar-refractivity contribution in [3.63, 3.8) is 0 Å². The van der Waals surface area contributed by atoms with Crippen LogP contribution < -0.4 is 0 Å². The molecule has 28 heavy (non-hydrogen) atoms. The number of hydrogen-bond donors (Lipinski definition) is 2. The Hall–Kier alpha value is -1.36. The highest BCUT2D eigenvalue weighted by Gasteiger charge is 2.21. The van der Waals surface area contributed by atoms with Crippen LogP contribution in [0.1, 0.15) is 104 Å². The molecule has 0 aromatic heterocycles. The summed E-state index contributed by atoms with van der Waals surface area (Å²) in [6.07, 6.45) is 21.8. The number of carboxylic acid groups (broad SMARTS) is 2. The zero-order valence-corrected chi connectivity index (χ0v) is 18.2. The molecule has 0 spiro atoms. The Labute approximate surface area is 172 Å². The second-order valence-corrected chi connectivity index (χ2v) is 7.82. The third-order valence-corrected chi connectivity index (χ3v) is 5.20. The van der Waals surface area contributed by atoms with Crippen LogP contribution >= 0.6 is 0 Å². The zero-order valence-electron chi connectivity index (χ0n) is 18.2. The van der Waals surface area contributed by atoms with Crippen LogP contribution in [0.4, 0.5) is 0 Å². The molecule has 0 fully saturated rings. The van der Waals surface area contributed by atoms with E-state index in [4.69, 9.17) is 10.2 Å². The van der Waals surface area contributed by atoms with Crippen molar-refractivity contribution in [1.29, 1.82) is 0 Å². The standard InChI is InChI=1S/C23H43NO4/c1-3-4-5-6-7-8-9-10-11-12-13-14-15-16-17-18-19-24(20-22(25)26)21(2)23(27)28/h10-11,21H,3-9,12-20H2,1-2H3,(H,25,26)(H,27,28)/b11-10-. The second-order valence-electron chi connectivity index (χ2n) is 7.82. The van der Waals surface area contributed by atoms with Crippen molar-refractivity contribution < 1.29 is 19.8 Å². The normalized spacial score (nSPS) is 12.7. The zero-order chi connectivity index (χ0) is 21.0. The molecule has 2 N–H and O–H groups in total. The number of unbranched alkanes of at least 4 members (excludes halogenated alkanes) is 12. The highest BCUT2D eigenvalue weighted by molar-refractivity contribution is 5.75. The van der Waals surface area contributed by atoms with E-state index in [1.807, 2.05) is 0 Å². The van der Waals surface area contributed by atoms with Crippen LogP contribution in [-0.4, -0.2) is 46.2 Å². The topological polar surface area (TPSA) is 77.8 Å². The lowest BCUT2D eigenvalue weighted by Gasteiger charge is -2.24. The Morgan fingerprint density at radius 3 is 1.71 bits per heavy atom. The van der Waals surface area contributed by atoms with Crippen LogP contribution in [0.3, 0.4) is 0 Å². The molecule has 0 aliphatic rings. The molecule has 1 unspecified atom stereocenters. The first-order valence-corrected chi connectivity index (χ1v) is 11.3. The molecule has 0 heterocycles. The molecule has 0 radical (unpaired) electrons. The summed E-state index contributed by atoms with van der Waals surface area (Å²) in [6, 6.07) is -0.751. The third kappa shape index (κ3) is 16.8. The SMILES string of the molecule is CCCCCCCC/C=C\CCCCCCCCN(CC(=O)O)C(C)C(=O)O. The van der Waals surface area contributed by atoms with Gasteiger partial charge in [-0.1, -0.05) is 76.9 Å². The van der Waals surface area contributed by atoms with E-state index < -0.39 is 18.0 Å². The van der Waals surface area contributed by atoms with Gasteiger partial charge in [-0.05, 0) is 45.6 Å². The van der Waals surface area contributed by atoms with Crippen LogP contribution in [0, 0.1) is 0 Å². The largest absolute Gasteiger partial charge is 0.480 e. The maximum atomic E-state index is 11.1. The quantitative estimate of drug-likeness (QED) is 0.198. The van der Waals surface area contributed by atoms with Crippen LogP contribution in [-0.2, 0) is 9.59 Å². The van der Waals surface area contributed by atoms with Crippen molar-refractivity contribution >= 4 is 11.9 Å². The van der Waals surface area contributed by atoms with Gasteiger partial charge in [0.15, 0.2) is 0 Å². The molecular formula is C23H43NO4. The number of hydrogen-bond acceptors (Lipinski definition) is 3. The lowest BCUT2D eigenvalue weighted by Crippen LogP contribution is -2.42. The van der Waals surface area contributed by atoms with E-state index in [0.717, 1.165) is 19.3 Å². The molecule has 0 aromatic rings. The summed E-state index contributed by atoms with van der Waals surface area (Å²) in [4.78, 5) is 23.4. The van der Waals surface area contributed by atoms with E-state index in [2.05, 4.69) is 19.1 Å². The van der Waals surface area contributed by atoms with E-state index in [9.17, 15) is 9.59 Å². The summed E-state index contributed by atoms with van der Waals surface area (Å²) >= 11 is 0. The molecular weight excluding hydrogens is 354 g/mol. The first kappa shape index (κ1) is 26.6. The second kappa shape index (κ2) is 19.0. The van der Waals surface area contributed by atoms with Crippen molar-refractivity contribution in [1.82, 2.24) is 4.90 Å². The summed E-state index contributed by atoms with van der Waals surface area (Å²) < 4.78 is 0. The van der Waals surface area contributed by atoms with E-state index in [1.165, 1.54) is 75.5 Å². The van der Waals surface area contributed by atoms with Crippen LogP contribution in [0.5, 0.6) is 0 Å². The van der Waals surface area contributed by atoms with Gasteiger partial charge in [-0.3, -0.25) is 14.5 Å². The van der Waals surface area contributed by atoms with E-state index in [-0.39, 0.29) is 6.54 Å². The van der Waals surface area contributed by atoms with Gasteiger partial charge >= 0.3 is 11.9 Å². The van der Waals surface area contributed by atoms with E-state index >= 15 is 0 Å². The summed E-state index contributed by atoms with van der Waals surface area (Å²) in [6.45, 7) is 4.12. The maximum absolute atomic E-state index is 11.1. The minimum absolute atomic E-state index is 0.210. The molecule has 5 heteroatoms. The Balaban J connectivity index is 3.54. The Bertz CT molecular complexity index is 423. The van der Waals surface area contributed by atoms with Gasteiger partial charge in [-0.15, -0.1) is 0 Å². The van der Waals surface area contributed by atoms with Gasteiger partial charge in [0, 0.05) is 0 Å². The van der Waals surface area contributed by atoms with E-state index in [1.54, 1.807) is 6.92 Å². The summed E-state index contributed by atoms with van der Waals surface area (Å²) in [5.74, 6) is -1.94. The molecule has 164 valence electrons. The van der Waals surface area contributed by atoms with Gasteiger partial charge in [0.05, 0.1) is 6.54 Å². The third-order valence-electron chi connectivity index (χ3n) is 5.20. The molecule has 0 aliphatic heterocycles. The van der Waals surface area contributed by atoms with Crippen molar-refractivity contribution in [2.75, 3.05) is 13.1 Å². The lowest BCUT2D eigenvalue weighted by atomic mass is 10.1. The van der Waals surface area contributed by atoms with E-state index in [0.29, 0.717) is 6.54 Å². The fourth-order valence-corrected chi connectivity index (χ4v) is 3.30. The van der Waals surface area contributed by atoms with Crippen LogP contribution in [0.25, 0.3) is 0 Å². The Morgan fingerprint density at radius 1 is 0.786 bits per heavy atom. The molecule has 0 aliphatic carbocycles. The number of aliphatic carboxylic acids is 2. The van der Waals surface area contributed by atoms with Crippen molar-refractivity contribution in [3.05, 3.63) is 12.2 Å². The highest BCUT2D eigenvalue weighted by atomic mass is 16.4. The molecule has 0 aromatic carbocycles. The smallest absolute Gasteiger partial charge is 0.320 e. The summed E-state index contributed by atoms with van der Waals surface area (Å²) in [5.41, 5.74) is 0. The monoisotopic (exact) mass is 397 g/mol. The van der Waals surface area contributed by atoms with Gasteiger partial charge in [-0.2, -0.15) is 0 Å². The summed E-state index contributed by atoms with van der Waals surface area (Å²) in [7, 11) is 0. The molecule has 0 bridgehead atoms. The molecule has 5 nitrogen and oxygen atoms in total. The van der Waals surface area contributed by atoms with Crippen molar-refractivity contribution in [2.45, 2.75) is 110 Å². The van der Waals surface area contributed by atoms with Gasteiger partial charge in [0.1, 0.15) is 6.04 Å². The van der Waals surface area contributed by atoms with Crippen LogP contribution in [0.2, 0.25) is 0 Å². The minimum atomic E-state index is -0.974. The number of rotatable bonds is 20. The Kier molecular flexibility index (Phi) is 18.1. The first-order chi connectivity index (χ1) is 13.5. The van der Waals surface area contributed by atoms with Gasteiger partial charge in [0.25, 0.3) is 0 Å². The number of nitrogens with zero attached hydrogens (tertiary/aromatic N) is 1. The van der Waals surface area contributed by atoms with Gasteiger partial charge in [-0.25, -0.2) is 0 Å². The molecule has 0 amide bonds. The molecule has 0 saturated heterocycles. The predicted molar refractivity (Wildman–Crippen MR) is 116 cm³/mol. The molecule has 0 rings (SSSR count). The predicted octanol–water partition coefficient (Wildman–Crippen LogP) is 5.88. The minimum Gasteiger partial charge on any atom is -0.480 e. The van der Waals surface area contributed by atoms with Crippen molar-refractivity contribution in [2.24, 2.45) is 0 Å². The highest BCUT2D eigenvalue weighted by Crippen LogP contribution is 2.11. The number of carbonyl (C=O) groups is 2. The van der Waals surface area contributed by atoms with Gasteiger partial charge < -0.3 is 10.2 Å². The molecule has 0 saturated carbocycles. The fourth-order valence-electron chi connectivity index (χ4n) is 3.30. The van der Waals surface area contributed by atoms with Crippen molar-refractivity contribution in [3.8, 4) is 0 Å². The average Bonchev–Trinajstić information content (AvgIpc) is 2.65. The number of carboxylic acids is 2. The van der Waals surface area contributed by atoms with Gasteiger partial charge in [0.2, 0.25) is 0 Å². The lowest BCUT2D eigenvalue weighted by molar-refractivity contribution is -0.145. The summed E-state index contributed by atoms with van der Waals surface area (Å²) in [5, 5.41) is 18.0. The number of allylic oxidation sites excluding steroid dienone is 2. The van der Waals surface area contributed by atoms with Crippen LogP contribution in [0.15, 0.2) is 12.2 Å². The fraction of sp³-hybridized carbons (Fsp3) is 0.826. The average molecular weight is 398 g/mol.